The van der Waals surface area contributed by atoms with Crippen LogP contribution in [0.25, 0.3) is 0 Å². The summed E-state index contributed by atoms with van der Waals surface area (Å²) in [6, 6.07) is 0. The molecule has 0 bridgehead atoms. The Balaban J connectivity index is 0.00000256. The molecule has 6 nitrogen and oxygen atoms in total. The van der Waals surface area contributed by atoms with Gasteiger partial charge in [0, 0.05) is 11.8 Å². The molecule has 8 heteroatoms. The number of hydrogen-bond donors (Lipinski definition) is 3. The van der Waals surface area contributed by atoms with E-state index in [1.165, 1.54) is 12.4 Å². The van der Waals surface area contributed by atoms with Crippen molar-refractivity contribution in [1.29, 1.82) is 0 Å². The monoisotopic (exact) mass is 300 g/mol. The number of hydrazone groups is 1. The van der Waals surface area contributed by atoms with Crippen molar-refractivity contribution in [3.05, 3.63) is 23.0 Å². The van der Waals surface area contributed by atoms with Gasteiger partial charge in [-0.1, -0.05) is 0 Å². The number of aryl methyl sites for hydroxylation is 1. The Labute approximate surface area is 114 Å². The Hall–Kier alpha value is -1.22. The maximum absolute atomic E-state index is 9.09. The Morgan fingerprint density at radius 1 is 1.76 bits per heavy atom. The minimum absolute atomic E-state index is 0. The van der Waals surface area contributed by atoms with E-state index in [4.69, 9.17) is 15.9 Å². The summed E-state index contributed by atoms with van der Waals surface area (Å²) in [6.45, 7) is 1.51. The zero-order valence-electron chi connectivity index (χ0n) is 9.02. The second kappa shape index (κ2) is 7.17. The van der Waals surface area contributed by atoms with Gasteiger partial charge in [0.25, 0.3) is 5.75 Å². The molecule has 0 saturated carbocycles. The molecular weight excluding hydrogens is 287 g/mol. The van der Waals surface area contributed by atoms with Crippen LogP contribution in [0.2, 0.25) is 0 Å². The fraction of sp³-hybridized carbons (Fsp3) is 0.222. The largest absolute Gasteiger partial charge is 2.00 e. The van der Waals surface area contributed by atoms with Gasteiger partial charge in [0.2, 0.25) is 0 Å². The Kier molecular flexibility index (Phi) is 6.65. The summed E-state index contributed by atoms with van der Waals surface area (Å²) in [5, 5.41) is 20.6. The van der Waals surface area contributed by atoms with E-state index in [1.54, 1.807) is 6.92 Å². The number of aliphatic hydroxyl groups is 1. The third-order valence-electron chi connectivity index (χ3n) is 1.93. The molecule has 0 spiro atoms. The normalized spacial score (nSPS) is 10.0. The first kappa shape index (κ1) is 15.8. The van der Waals surface area contributed by atoms with Crippen molar-refractivity contribution in [2.24, 2.45) is 10.8 Å². The maximum Gasteiger partial charge on any atom is 2.00 e. The first-order valence-corrected chi connectivity index (χ1v) is 4.86. The zero-order valence-corrected chi connectivity index (χ0v) is 10.9. The van der Waals surface area contributed by atoms with Crippen molar-refractivity contribution in [3.8, 4) is 5.75 Å². The van der Waals surface area contributed by atoms with Crippen molar-refractivity contribution in [1.82, 2.24) is 10.4 Å². The second-order valence-corrected chi connectivity index (χ2v) is 3.49. The zero-order chi connectivity index (χ0) is 12.1. The number of nitrogens with one attached hydrogen (secondary N) is 1. The summed E-state index contributed by atoms with van der Waals surface area (Å²) in [5.74, 6) is 0.222. The molecule has 93 valence electrons. The number of nitrogens with two attached hydrogens (primary N) is 1. The van der Waals surface area contributed by atoms with E-state index in [0.29, 0.717) is 16.8 Å². The van der Waals surface area contributed by atoms with Gasteiger partial charge in [0.1, 0.15) is 5.69 Å². The van der Waals surface area contributed by atoms with Crippen LogP contribution in [0.3, 0.4) is 0 Å². The first-order valence-electron chi connectivity index (χ1n) is 4.45. The molecule has 0 aliphatic carbocycles. The molecule has 0 fully saturated rings. The predicted molar refractivity (Wildman–Crippen MR) is 65.5 cm³/mol. The standard InChI is InChI=1S/C9H12N4O2S.Co/c1-5-8(15)7(3-12-13-9(10)16)6(4-14)2-11-5;/h2-3,14-15H,4H2,1H3,(H3,10,13,16);/q;+2/p+1. The molecule has 1 aromatic heterocycles. The fourth-order valence-corrected chi connectivity index (χ4v) is 1.15. The van der Waals surface area contributed by atoms with Gasteiger partial charge in [-0.25, -0.2) is 0 Å². The van der Waals surface area contributed by atoms with Crippen molar-refractivity contribution in [3.63, 3.8) is 0 Å². The summed E-state index contributed by atoms with van der Waals surface area (Å²) >= 11 is 4.58. The van der Waals surface area contributed by atoms with Gasteiger partial charge in [0.05, 0.1) is 18.4 Å². The maximum atomic E-state index is 9.09. The minimum atomic E-state index is -0.201. The van der Waals surface area contributed by atoms with Crippen LogP contribution >= 0.6 is 12.2 Å². The van der Waals surface area contributed by atoms with E-state index < -0.39 is 0 Å². The molecule has 0 amide bonds. The van der Waals surface area contributed by atoms with Crippen LogP contribution in [0.4, 0.5) is 0 Å². The number of rotatable bonds is 3. The molecule has 0 atom stereocenters. The van der Waals surface area contributed by atoms with Gasteiger partial charge in [-0.05, 0) is 19.1 Å². The quantitative estimate of drug-likeness (QED) is 0.301. The Morgan fingerprint density at radius 2 is 2.41 bits per heavy atom. The summed E-state index contributed by atoms with van der Waals surface area (Å²) < 4.78 is 0. The summed E-state index contributed by atoms with van der Waals surface area (Å²) in [5.41, 5.74) is 9.17. The van der Waals surface area contributed by atoms with Crippen molar-refractivity contribution in [2.45, 2.75) is 13.5 Å². The van der Waals surface area contributed by atoms with Gasteiger partial charge < -0.3 is 15.9 Å². The molecule has 0 aliphatic rings. The number of nitrogens with zero attached hydrogens (tertiary/aromatic N) is 2. The molecule has 1 rings (SSSR count). The average molecular weight is 300 g/mol. The van der Waals surface area contributed by atoms with Gasteiger partial charge in [-0.3, -0.25) is 10.4 Å². The van der Waals surface area contributed by atoms with Crippen LogP contribution < -0.4 is 11.2 Å². The molecule has 1 aromatic rings. The average Bonchev–Trinajstić information content (AvgIpc) is 2.24. The topological polar surface area (TPSA) is 106 Å². The first-order chi connectivity index (χ1) is 7.56. The van der Waals surface area contributed by atoms with Crippen molar-refractivity contribution < 1.29 is 27.0 Å². The third-order valence-corrected chi connectivity index (χ3v) is 2.02. The Bertz CT molecular complexity index is 439. The van der Waals surface area contributed by atoms with Gasteiger partial charge in [-0.15, -0.1) is 0 Å². The second-order valence-electron chi connectivity index (χ2n) is 3.05. The van der Waals surface area contributed by atoms with Crippen molar-refractivity contribution >= 4 is 23.5 Å². The van der Waals surface area contributed by atoms with Crippen LogP contribution in [0.1, 0.15) is 16.8 Å². The molecule has 17 heavy (non-hydrogen) atoms. The molecule has 0 unspecified atom stereocenters. The summed E-state index contributed by atoms with van der Waals surface area (Å²) in [4.78, 5) is 3.97. The van der Waals surface area contributed by atoms with E-state index >= 15 is 0 Å². The van der Waals surface area contributed by atoms with Crippen LogP contribution in [0.15, 0.2) is 11.3 Å². The number of pyridine rings is 1. The van der Waals surface area contributed by atoms with Crippen LogP contribution in [-0.4, -0.2) is 26.5 Å². The third kappa shape index (κ3) is 4.27. The number of aliphatic hydroxyl groups excluding tert-OH is 1. The molecular formula is C9H13CoN4O2S+3. The van der Waals surface area contributed by atoms with Gasteiger partial charge >= 0.3 is 16.8 Å². The van der Waals surface area contributed by atoms with Gasteiger partial charge in [-0.2, -0.15) is 5.10 Å². The van der Waals surface area contributed by atoms with Crippen molar-refractivity contribution in [2.75, 3.05) is 0 Å². The molecule has 0 saturated heterocycles. The molecule has 1 radical (unpaired) electrons. The van der Waals surface area contributed by atoms with E-state index in [1.807, 2.05) is 0 Å². The number of aromatic nitrogens is 1. The molecule has 0 aromatic carbocycles. The molecule has 1 heterocycles. The van der Waals surface area contributed by atoms with E-state index in [2.05, 4.69) is 27.7 Å². The number of hydrogen-bond acceptors (Lipinski definition) is 4. The van der Waals surface area contributed by atoms with E-state index in [-0.39, 0.29) is 34.2 Å². The fourth-order valence-electron chi connectivity index (χ4n) is 1.10. The summed E-state index contributed by atoms with van der Waals surface area (Å²) in [6.07, 6.45) is 2.90. The Morgan fingerprint density at radius 3 is 2.94 bits per heavy atom. The SMILES string of the molecule is Cc1ncc(CO)c(C=NNC(N)=S)c1[OH2+].[Co+2]. The molecule has 0 aliphatic heterocycles. The molecule has 6 N–H and O–H groups in total. The summed E-state index contributed by atoms with van der Waals surface area (Å²) in [7, 11) is 0. The predicted octanol–water partition coefficient (Wildman–Crippen LogP) is -0.515. The van der Waals surface area contributed by atoms with Gasteiger partial charge in [0.15, 0.2) is 5.11 Å². The van der Waals surface area contributed by atoms with E-state index in [0.717, 1.165) is 0 Å². The van der Waals surface area contributed by atoms with E-state index in [9.17, 15) is 0 Å². The minimum Gasteiger partial charge on any atom is -0.592 e. The van der Waals surface area contributed by atoms with Crippen LogP contribution in [-0.2, 0) is 23.4 Å². The van der Waals surface area contributed by atoms with Crippen LogP contribution in [0.5, 0.6) is 5.75 Å². The smallest absolute Gasteiger partial charge is 0.592 e. The number of thiocarbonyl (C=S) groups is 1. The van der Waals surface area contributed by atoms with Crippen LogP contribution in [0, 0.1) is 6.92 Å².